The predicted molar refractivity (Wildman–Crippen MR) is 299 cm³/mol. The number of primary amides is 1. The van der Waals surface area contributed by atoms with Gasteiger partial charge in [-0.3, -0.25) is 43.3 Å². The summed E-state index contributed by atoms with van der Waals surface area (Å²) in [7, 11) is 0. The lowest BCUT2D eigenvalue weighted by Gasteiger charge is -2.51. The lowest BCUT2D eigenvalue weighted by Crippen LogP contribution is -2.77. The average molecular weight is 1340 g/mol. The molecule has 0 aliphatic carbocycles. The summed E-state index contributed by atoms with van der Waals surface area (Å²) < 4.78 is 79.1. The number of carbonyl (C=O) groups excluding carboxylic acids is 13. The Balaban J connectivity index is 1.34. The van der Waals surface area contributed by atoms with Gasteiger partial charge < -0.3 is 72.0 Å². The molecule has 91 heavy (non-hydrogen) atoms. The van der Waals surface area contributed by atoms with Crippen LogP contribution in [0.15, 0.2) is 78.9 Å². The second-order valence-electron chi connectivity index (χ2n) is 20.7. The highest BCUT2D eigenvalue weighted by Crippen LogP contribution is 2.44. The number of carbonyl (C=O) groups is 13. The van der Waals surface area contributed by atoms with Crippen molar-refractivity contribution in [3.8, 4) is 0 Å². The summed E-state index contributed by atoms with van der Waals surface area (Å²) in [6.45, 7) is 3.86. The molecule has 33 heteroatoms. The number of ether oxygens (including phenoxy) is 14. The number of alkyl halides is 3. The fraction of sp³-hybridized carbons (Fsp3) is 0.466. The summed E-state index contributed by atoms with van der Waals surface area (Å²) in [5, 5.41) is 0. The topological polar surface area (TPSA) is 380 Å². The van der Waals surface area contributed by atoms with Crippen LogP contribution < -0.4 is 5.73 Å². The van der Waals surface area contributed by atoms with E-state index < -0.39 is 198 Å². The Labute approximate surface area is 531 Å². The molecule has 30 nitrogen and oxygen atoms in total. The van der Waals surface area contributed by atoms with Crippen molar-refractivity contribution < 1.29 is 133 Å². The van der Waals surface area contributed by atoms with Gasteiger partial charge in [0.1, 0.15) is 43.7 Å². The summed E-state index contributed by atoms with van der Waals surface area (Å²) in [4.78, 5) is 181. The van der Waals surface area contributed by atoms with Gasteiger partial charge in [0.25, 0.3) is 15.6 Å². The number of quaternary nitrogens is 1. The van der Waals surface area contributed by atoms with E-state index in [-0.39, 0.29) is 34.4 Å². The zero-order valence-corrected chi connectivity index (χ0v) is 51.4. The zero-order valence-electron chi connectivity index (χ0n) is 49.1. The van der Waals surface area contributed by atoms with E-state index in [4.69, 9.17) is 107 Å². The van der Waals surface area contributed by atoms with E-state index in [2.05, 4.69) is 0 Å². The third kappa shape index (κ3) is 14.5. The predicted octanol–water partition coefficient (Wildman–Crippen LogP) is 2.88. The number of amides is 6. The lowest BCUT2D eigenvalue weighted by molar-refractivity contribution is -0.732. The molecule has 5 aliphatic heterocycles. The molecule has 15 atom stereocenters. The van der Waals surface area contributed by atoms with Crippen molar-refractivity contribution in [1.82, 2.24) is 4.90 Å². The van der Waals surface area contributed by atoms with Gasteiger partial charge in [0.15, 0.2) is 49.2 Å². The maximum absolute atomic E-state index is 15.0. The van der Waals surface area contributed by atoms with Crippen molar-refractivity contribution in [3.05, 3.63) is 107 Å². The van der Waals surface area contributed by atoms with E-state index >= 15 is 0 Å². The van der Waals surface area contributed by atoms with Crippen molar-refractivity contribution >= 4 is 112 Å². The van der Waals surface area contributed by atoms with Crippen molar-refractivity contribution in [2.45, 2.75) is 144 Å². The number of hydrogen-bond acceptors (Lipinski definition) is 27. The Morgan fingerprint density at radius 3 is 1.40 bits per heavy atom. The van der Waals surface area contributed by atoms with Gasteiger partial charge in [-0.2, -0.15) is 0 Å². The van der Waals surface area contributed by atoms with E-state index in [0.717, 1.165) is 41.5 Å². The molecule has 8 rings (SSSR count). The number of fused-ring (bicyclic) bond motifs is 2. The average Bonchev–Trinajstić information content (AvgIpc) is 1.61. The molecule has 0 unspecified atom stereocenters. The molecular formula is C58H59Cl3N3O27+. The van der Waals surface area contributed by atoms with E-state index in [1.165, 1.54) is 79.7 Å². The van der Waals surface area contributed by atoms with E-state index in [1.807, 2.05) is 0 Å². The van der Waals surface area contributed by atoms with E-state index in [1.54, 1.807) is 6.07 Å². The molecule has 0 saturated carbocycles. The number of rotatable bonds is 20. The standard InChI is InChI=1S/C58H58Cl3N3O27/c1-8-78-55-47(89-52(75)31-16-10-9-11-17-31)46(90-53-39(63-48(71)32-18-12-13-19-33(32)49(63)72)44(84-29(6)69)41(82-27(4)67)36(86-53)22-79-25(2)65)43(91-56(76)58(59,60)61)38(88-55)24-81-54-40(64(57(62)77)50(73)34-20-14-15-21-35(34)51(64)74)45(85-30(7)70)42(83-28(5)68)37(87-54)23-80-26(3)66/h9-21,36-47,53-55H,8,22-24H2,1-7H3,(H-,62,77)/p+1/t36-,37-,38-,39-,40-,41-,42-,43+,44-,45-,46+,47-,53+,54-,55-/m1/s1. The molecule has 0 aromatic heterocycles. The molecule has 0 bridgehead atoms. The van der Waals surface area contributed by atoms with Gasteiger partial charge in [0.05, 0.1) is 34.4 Å². The Bertz CT molecular complexity index is 3310. The summed E-state index contributed by atoms with van der Waals surface area (Å²) >= 11 is 18.6. The molecule has 0 spiro atoms. The summed E-state index contributed by atoms with van der Waals surface area (Å²) in [6.07, 6.45) is -27.2. The molecule has 3 aromatic carbocycles. The zero-order chi connectivity index (χ0) is 66.6. The number of nitrogens with zero attached hydrogens (tertiary/aromatic N) is 2. The lowest BCUT2D eigenvalue weighted by atomic mass is 9.92. The molecule has 2 N–H and O–H groups in total. The van der Waals surface area contributed by atoms with Gasteiger partial charge >= 0.3 is 65.6 Å². The highest BCUT2D eigenvalue weighted by molar-refractivity contribution is 6.75. The third-order valence-corrected chi connectivity index (χ3v) is 15.1. The number of hydrogen-bond donors (Lipinski definition) is 1. The highest BCUT2D eigenvalue weighted by atomic mass is 35.6. The summed E-state index contributed by atoms with van der Waals surface area (Å²) in [6, 6.07) is 11.4. The first kappa shape index (κ1) is 68.9. The molecular weight excluding hydrogens is 1280 g/mol. The molecule has 3 fully saturated rings. The van der Waals surface area contributed by atoms with Crippen LogP contribution in [0.25, 0.3) is 0 Å². The van der Waals surface area contributed by atoms with Crippen molar-refractivity contribution in [2.24, 2.45) is 5.73 Å². The number of halogens is 3. The first-order valence-electron chi connectivity index (χ1n) is 27.7. The maximum Gasteiger partial charge on any atom is 0.430 e. The monoisotopic (exact) mass is 1330 g/mol. The van der Waals surface area contributed by atoms with Crippen LogP contribution in [0, 0.1) is 0 Å². The second-order valence-corrected chi connectivity index (χ2v) is 23.0. The molecule has 0 radical (unpaired) electrons. The minimum Gasteiger partial charge on any atom is -0.463 e. The molecule has 488 valence electrons. The van der Waals surface area contributed by atoms with Crippen LogP contribution in [-0.4, -0.2) is 209 Å². The van der Waals surface area contributed by atoms with E-state index in [9.17, 15) is 62.3 Å². The summed E-state index contributed by atoms with van der Waals surface area (Å²) in [5.74, 6) is -14.0. The molecule has 3 aromatic rings. The first-order valence-corrected chi connectivity index (χ1v) is 28.8. The quantitative estimate of drug-likeness (QED) is 0.0558. The van der Waals surface area contributed by atoms with Crippen molar-refractivity contribution in [3.63, 3.8) is 0 Å². The van der Waals surface area contributed by atoms with Gasteiger partial charge in [0, 0.05) is 48.1 Å². The smallest absolute Gasteiger partial charge is 0.430 e. The number of benzene rings is 3. The minimum absolute atomic E-state index is 0.131. The van der Waals surface area contributed by atoms with Crippen LogP contribution in [0.5, 0.6) is 0 Å². The Hall–Kier alpha value is -8.04. The molecule has 5 aliphatic rings. The summed E-state index contributed by atoms with van der Waals surface area (Å²) in [5.41, 5.74) is 4.84. The fourth-order valence-corrected chi connectivity index (χ4v) is 11.3. The first-order chi connectivity index (χ1) is 43.0. The highest BCUT2D eigenvalue weighted by Gasteiger charge is 2.72. The van der Waals surface area contributed by atoms with E-state index in [0.29, 0.717) is 4.90 Å². The second kappa shape index (κ2) is 28.6. The SMILES string of the molecule is CCO[C@@H]1O[C@H](CO[C@@H]2O[C@H](COC(C)=O)[C@@H](OC(C)=O)[C@H](OC(C)=O)[C@H]2[N+]2(C(N)=O)C(=O)c3ccccc3C2=O)[C@H](OC(=O)C(Cl)(Cl)Cl)[C@H](O[C@@H]2O[C@H](COC(C)=O)[C@@H](OC(C)=O)[C@H](OC(C)=O)[C@H]2N2C(=O)c3ccccc3C2=O)[C@H]1OC(=O)c1ccccc1. The van der Waals surface area contributed by atoms with Gasteiger partial charge in [-0.25, -0.2) is 24.0 Å². The Morgan fingerprint density at radius 1 is 0.495 bits per heavy atom. The van der Waals surface area contributed by atoms with Crippen LogP contribution in [0.2, 0.25) is 0 Å². The number of urea groups is 1. The largest absolute Gasteiger partial charge is 0.463 e. The Kier molecular flexibility index (Phi) is 21.7. The molecule has 6 amide bonds. The van der Waals surface area contributed by atoms with Gasteiger partial charge in [0.2, 0.25) is 12.3 Å². The number of nitrogens with two attached hydrogens (primary N) is 1. The third-order valence-electron chi connectivity index (χ3n) is 14.7. The molecule has 3 saturated heterocycles. The van der Waals surface area contributed by atoms with Crippen molar-refractivity contribution in [2.75, 3.05) is 26.4 Å². The van der Waals surface area contributed by atoms with Crippen LogP contribution in [0.1, 0.15) is 100 Å². The Morgan fingerprint density at radius 2 is 0.923 bits per heavy atom. The van der Waals surface area contributed by atoms with Crippen LogP contribution in [0.4, 0.5) is 4.79 Å². The van der Waals surface area contributed by atoms with Gasteiger partial charge in [-0.15, -0.1) is 0 Å². The maximum atomic E-state index is 15.0. The van der Waals surface area contributed by atoms with Crippen LogP contribution in [-0.2, 0) is 99.9 Å². The van der Waals surface area contributed by atoms with Crippen molar-refractivity contribution in [1.29, 1.82) is 0 Å². The number of esters is 8. The molecule has 5 heterocycles. The minimum atomic E-state index is -3.03. The normalized spacial score (nSPS) is 28.3. The van der Waals surface area contributed by atoms with Crippen LogP contribution >= 0.6 is 34.8 Å². The number of imide groups is 4. The fourth-order valence-electron chi connectivity index (χ4n) is 11.2. The van der Waals surface area contributed by atoms with Crippen LogP contribution in [0.3, 0.4) is 0 Å². The van der Waals surface area contributed by atoms with Gasteiger partial charge in [-0.05, 0) is 43.3 Å². The van der Waals surface area contributed by atoms with Gasteiger partial charge in [-0.1, -0.05) is 81.8 Å².